The summed E-state index contributed by atoms with van der Waals surface area (Å²) in [5, 5.41) is 11.3. The van der Waals surface area contributed by atoms with Gasteiger partial charge in [0.1, 0.15) is 12.2 Å². The van der Waals surface area contributed by atoms with Crippen LogP contribution in [0.15, 0.2) is 54.1 Å². The van der Waals surface area contributed by atoms with Crippen molar-refractivity contribution in [2.24, 2.45) is 0 Å². The molecular formula is C25H30O6. The normalized spacial score (nSPS) is 17.7. The smallest absolute Gasteiger partial charge is 0.338 e. The number of benzene rings is 2. The molecular weight excluding hydrogens is 396 g/mol. The lowest BCUT2D eigenvalue weighted by atomic mass is 9.92. The summed E-state index contributed by atoms with van der Waals surface area (Å²) in [6.45, 7) is 5.90. The summed E-state index contributed by atoms with van der Waals surface area (Å²) < 4.78 is 21.1. The van der Waals surface area contributed by atoms with Gasteiger partial charge in [0.25, 0.3) is 0 Å². The van der Waals surface area contributed by atoms with Gasteiger partial charge >= 0.3 is 5.97 Å². The van der Waals surface area contributed by atoms with Crippen LogP contribution in [-0.4, -0.2) is 57.8 Å². The first kappa shape index (κ1) is 23.2. The average molecular weight is 427 g/mol. The Morgan fingerprint density at radius 1 is 0.903 bits per heavy atom. The molecule has 0 spiro atoms. The summed E-state index contributed by atoms with van der Waals surface area (Å²) in [7, 11) is 1.62. The van der Waals surface area contributed by atoms with Crippen molar-refractivity contribution in [2.75, 3.05) is 46.8 Å². The predicted molar refractivity (Wildman–Crippen MR) is 118 cm³/mol. The topological polar surface area (TPSA) is 74.2 Å². The van der Waals surface area contributed by atoms with E-state index < -0.39 is 11.6 Å². The fourth-order valence-electron chi connectivity index (χ4n) is 3.69. The van der Waals surface area contributed by atoms with Gasteiger partial charge in [-0.2, -0.15) is 0 Å². The number of esters is 1. The molecule has 0 fully saturated rings. The number of hydrogen-bond donors (Lipinski definition) is 1. The van der Waals surface area contributed by atoms with Crippen molar-refractivity contribution in [3.63, 3.8) is 0 Å². The van der Waals surface area contributed by atoms with Crippen molar-refractivity contribution in [3.8, 4) is 0 Å². The second kappa shape index (κ2) is 10.7. The molecule has 1 aliphatic rings. The van der Waals surface area contributed by atoms with E-state index in [0.29, 0.717) is 37.6 Å². The summed E-state index contributed by atoms with van der Waals surface area (Å²) in [6.07, 6.45) is 0. The largest absolute Gasteiger partial charge is 0.460 e. The highest BCUT2D eigenvalue weighted by Crippen LogP contribution is 2.47. The molecule has 1 N–H and O–H groups in total. The van der Waals surface area contributed by atoms with Crippen LogP contribution in [0.3, 0.4) is 0 Å². The van der Waals surface area contributed by atoms with Gasteiger partial charge < -0.3 is 24.1 Å². The zero-order valence-corrected chi connectivity index (χ0v) is 18.3. The fraction of sp³-hybridized carbons (Fsp3) is 0.400. The van der Waals surface area contributed by atoms with Crippen molar-refractivity contribution < 1.29 is 28.8 Å². The first-order valence-electron chi connectivity index (χ1n) is 10.4. The van der Waals surface area contributed by atoms with Crippen molar-refractivity contribution in [3.05, 3.63) is 76.4 Å². The van der Waals surface area contributed by atoms with E-state index in [1.54, 1.807) is 14.0 Å². The third-order valence-electron chi connectivity index (χ3n) is 5.27. The molecule has 1 aliphatic carbocycles. The minimum absolute atomic E-state index is 0.0913. The van der Waals surface area contributed by atoms with Crippen LogP contribution >= 0.6 is 0 Å². The molecule has 0 saturated heterocycles. The van der Waals surface area contributed by atoms with E-state index in [4.69, 9.17) is 18.9 Å². The molecule has 31 heavy (non-hydrogen) atoms. The predicted octanol–water partition coefficient (Wildman–Crippen LogP) is 3.24. The Bertz CT molecular complexity index is 914. The molecule has 1 unspecified atom stereocenters. The van der Waals surface area contributed by atoms with E-state index in [2.05, 4.69) is 0 Å². The Balaban J connectivity index is 1.70. The molecule has 6 nitrogen and oxygen atoms in total. The number of rotatable bonds is 11. The summed E-state index contributed by atoms with van der Waals surface area (Å²) in [6, 6.07) is 15.4. The molecule has 0 radical (unpaired) electrons. The number of carbonyl (C=O) groups is 1. The lowest BCUT2D eigenvalue weighted by Crippen LogP contribution is -2.28. The highest BCUT2D eigenvalue weighted by molar-refractivity contribution is 6.07. The maximum Gasteiger partial charge on any atom is 0.338 e. The van der Waals surface area contributed by atoms with E-state index in [1.807, 2.05) is 55.5 Å². The van der Waals surface area contributed by atoms with Crippen LogP contribution in [0.4, 0.5) is 0 Å². The van der Waals surface area contributed by atoms with Gasteiger partial charge in [-0.1, -0.05) is 54.1 Å². The van der Waals surface area contributed by atoms with Crippen molar-refractivity contribution in [1.29, 1.82) is 0 Å². The third-order valence-corrected chi connectivity index (χ3v) is 5.27. The fourth-order valence-corrected chi connectivity index (χ4v) is 3.69. The molecule has 1 atom stereocenters. The molecule has 6 heteroatoms. The third kappa shape index (κ3) is 5.40. The molecule has 2 aromatic carbocycles. The van der Waals surface area contributed by atoms with Crippen LogP contribution in [0.25, 0.3) is 5.57 Å². The maximum atomic E-state index is 13.1. The number of hydrogen-bond acceptors (Lipinski definition) is 6. The van der Waals surface area contributed by atoms with Gasteiger partial charge in [-0.3, -0.25) is 0 Å². The maximum absolute atomic E-state index is 13.1. The first-order valence-corrected chi connectivity index (χ1v) is 10.4. The van der Waals surface area contributed by atoms with Crippen molar-refractivity contribution >= 4 is 11.5 Å². The van der Waals surface area contributed by atoms with E-state index in [-0.39, 0.29) is 18.8 Å². The molecule has 0 heterocycles. The molecule has 0 saturated carbocycles. The van der Waals surface area contributed by atoms with Gasteiger partial charge in [0.2, 0.25) is 0 Å². The number of carbonyl (C=O) groups excluding carboxylic acids is 1. The number of fused-ring (bicyclic) bond motifs is 1. The molecule has 0 bridgehead atoms. The Morgan fingerprint density at radius 2 is 1.52 bits per heavy atom. The van der Waals surface area contributed by atoms with Gasteiger partial charge in [0.05, 0.1) is 38.6 Å². The van der Waals surface area contributed by atoms with E-state index in [1.165, 1.54) is 0 Å². The van der Waals surface area contributed by atoms with E-state index in [9.17, 15) is 9.90 Å². The monoisotopic (exact) mass is 426 g/mol. The van der Waals surface area contributed by atoms with Gasteiger partial charge in [-0.15, -0.1) is 0 Å². The lowest BCUT2D eigenvalue weighted by Gasteiger charge is -2.22. The Morgan fingerprint density at radius 3 is 2.19 bits per heavy atom. The summed E-state index contributed by atoms with van der Waals surface area (Å²) >= 11 is 0. The van der Waals surface area contributed by atoms with Gasteiger partial charge in [-0.25, -0.2) is 4.79 Å². The van der Waals surface area contributed by atoms with Crippen LogP contribution in [0.1, 0.15) is 29.2 Å². The van der Waals surface area contributed by atoms with Gasteiger partial charge in [0, 0.05) is 12.7 Å². The number of aryl methyl sites for hydroxylation is 1. The van der Waals surface area contributed by atoms with Crippen molar-refractivity contribution in [2.45, 2.75) is 19.4 Å². The molecule has 0 aliphatic heterocycles. The van der Waals surface area contributed by atoms with E-state index in [0.717, 1.165) is 16.7 Å². The minimum atomic E-state index is -1.44. The Hall–Kier alpha value is -2.51. The zero-order valence-electron chi connectivity index (χ0n) is 18.3. The Labute approximate surface area is 183 Å². The van der Waals surface area contributed by atoms with E-state index >= 15 is 0 Å². The van der Waals surface area contributed by atoms with Crippen LogP contribution in [0.5, 0.6) is 0 Å². The Kier molecular flexibility index (Phi) is 7.98. The van der Waals surface area contributed by atoms with Crippen LogP contribution in [0, 0.1) is 6.92 Å². The number of methoxy groups -OCH3 is 1. The summed E-state index contributed by atoms with van der Waals surface area (Å²) in [5.74, 6) is -0.545. The zero-order chi connectivity index (χ0) is 22.3. The highest BCUT2D eigenvalue weighted by atomic mass is 16.6. The van der Waals surface area contributed by atoms with Gasteiger partial charge in [0.15, 0.2) is 0 Å². The molecule has 2 aromatic rings. The number of ether oxygens (including phenoxy) is 4. The molecule has 0 aromatic heterocycles. The SMILES string of the molecule is COCCOCCOCCOC(=O)C1=C(c2ccc(C)cc2)c2ccccc2C1(C)O. The average Bonchev–Trinajstić information content (AvgIpc) is 3.00. The second-order valence-corrected chi connectivity index (χ2v) is 7.59. The van der Waals surface area contributed by atoms with Crippen LogP contribution in [0.2, 0.25) is 0 Å². The second-order valence-electron chi connectivity index (χ2n) is 7.59. The lowest BCUT2D eigenvalue weighted by molar-refractivity contribution is -0.143. The molecule has 3 rings (SSSR count). The van der Waals surface area contributed by atoms with Crippen molar-refractivity contribution in [1.82, 2.24) is 0 Å². The van der Waals surface area contributed by atoms with Crippen LogP contribution < -0.4 is 0 Å². The summed E-state index contributed by atoms with van der Waals surface area (Å²) in [4.78, 5) is 13.1. The molecule has 0 amide bonds. The minimum Gasteiger partial charge on any atom is -0.460 e. The highest BCUT2D eigenvalue weighted by Gasteiger charge is 2.44. The summed E-state index contributed by atoms with van der Waals surface area (Å²) in [5.41, 5.74) is 3.04. The first-order chi connectivity index (χ1) is 15.0. The van der Waals surface area contributed by atoms with Crippen LogP contribution in [-0.2, 0) is 29.3 Å². The number of aliphatic hydroxyl groups is 1. The standard InChI is InChI=1S/C25H30O6/c1-18-8-10-19(11-9-18)22-20-6-4-5-7-21(20)25(2,27)23(22)24(26)31-17-16-30-15-14-29-13-12-28-3/h4-11,27H,12-17H2,1-3H3. The quantitative estimate of drug-likeness (QED) is 0.439. The van der Waals surface area contributed by atoms with Gasteiger partial charge in [-0.05, 0) is 30.5 Å². The molecule has 166 valence electrons.